The number of fused-ring (bicyclic) bond motifs is 1. The molecule has 0 aliphatic heterocycles. The zero-order valence-electron chi connectivity index (χ0n) is 21.3. The molecule has 0 bridgehead atoms. The van der Waals surface area contributed by atoms with Gasteiger partial charge in [-0.25, -0.2) is 13.3 Å². The quantitative estimate of drug-likeness (QED) is 0.262. The van der Waals surface area contributed by atoms with E-state index in [1.165, 1.54) is 24.3 Å². The van der Waals surface area contributed by atoms with Crippen LogP contribution in [0, 0.1) is 11.6 Å². The van der Waals surface area contributed by atoms with E-state index < -0.39 is 29.0 Å². The third-order valence-corrected chi connectivity index (χ3v) is 6.46. The van der Waals surface area contributed by atoms with Crippen molar-refractivity contribution in [3.8, 4) is 34.2 Å². The van der Waals surface area contributed by atoms with Gasteiger partial charge < -0.3 is 15.2 Å². The topological polar surface area (TPSA) is 127 Å². The Morgan fingerprint density at radius 2 is 1.80 bits per heavy atom. The lowest BCUT2D eigenvalue weighted by atomic mass is 10.1. The van der Waals surface area contributed by atoms with Gasteiger partial charge in [0.25, 0.3) is 11.5 Å². The molecule has 3 aromatic heterocycles. The molecule has 0 spiro atoms. The molecule has 0 fully saturated rings. The Morgan fingerprint density at radius 3 is 2.54 bits per heavy atom. The highest BCUT2D eigenvalue weighted by Crippen LogP contribution is 2.37. The maximum atomic E-state index is 15.2. The maximum Gasteiger partial charge on any atom is 0.270 e. The molecule has 0 atom stereocenters. The van der Waals surface area contributed by atoms with Crippen LogP contribution in [0.15, 0.2) is 90.1 Å². The van der Waals surface area contributed by atoms with Gasteiger partial charge in [0, 0.05) is 41.5 Å². The van der Waals surface area contributed by atoms with Crippen LogP contribution in [0.4, 0.5) is 14.5 Å². The highest BCUT2D eigenvalue weighted by atomic mass is 19.1. The Labute approximate surface area is 230 Å². The molecule has 0 saturated heterocycles. The molecule has 10 nitrogen and oxygen atoms in total. The van der Waals surface area contributed by atoms with Gasteiger partial charge in [0.05, 0.1) is 23.6 Å². The summed E-state index contributed by atoms with van der Waals surface area (Å²) >= 11 is 0. The summed E-state index contributed by atoms with van der Waals surface area (Å²) in [5, 5.41) is 24.5. The molecule has 41 heavy (non-hydrogen) atoms. The number of ether oxygens (including phenoxy) is 1. The number of rotatable bonds is 6. The van der Waals surface area contributed by atoms with Crippen molar-refractivity contribution < 1.29 is 23.4 Å². The Kier molecular flexibility index (Phi) is 6.27. The maximum absolute atomic E-state index is 15.2. The number of halogens is 2. The number of amides is 1. The fourth-order valence-electron chi connectivity index (χ4n) is 4.41. The van der Waals surface area contributed by atoms with Crippen molar-refractivity contribution >= 4 is 22.5 Å². The molecule has 3 heterocycles. The standard InChI is InChI=1S/C29H20F2N6O4/c1-36-24-12-22(17-13-32-33-14-17)26(10-16(24)15-34-36)41-25-8-4-19(11-23(25)31)35-28(39)21-7-9-27(38)37(29(21)40)20-5-2-18(30)3-6-20/h2-15,38H,1H3,(H,32,33)(H,35,39). The Bertz CT molecular complexity index is 1980. The van der Waals surface area contributed by atoms with Gasteiger partial charge in [0.15, 0.2) is 17.4 Å². The molecule has 6 rings (SSSR count). The van der Waals surface area contributed by atoms with Gasteiger partial charge in [0.1, 0.15) is 17.1 Å². The first-order valence-electron chi connectivity index (χ1n) is 12.2. The van der Waals surface area contributed by atoms with E-state index in [9.17, 15) is 19.1 Å². The predicted octanol–water partition coefficient (Wildman–Crippen LogP) is 5.14. The molecule has 0 radical (unpaired) electrons. The number of hydrogen-bond acceptors (Lipinski definition) is 6. The largest absolute Gasteiger partial charge is 0.494 e. The third-order valence-electron chi connectivity index (χ3n) is 6.46. The van der Waals surface area contributed by atoms with Crippen LogP contribution in [0.25, 0.3) is 27.7 Å². The summed E-state index contributed by atoms with van der Waals surface area (Å²) in [4.78, 5) is 25.9. The number of benzene rings is 3. The van der Waals surface area contributed by atoms with Gasteiger partial charge in [0.2, 0.25) is 0 Å². The zero-order valence-corrected chi connectivity index (χ0v) is 21.3. The van der Waals surface area contributed by atoms with Crippen molar-refractivity contribution in [3.63, 3.8) is 0 Å². The molecule has 204 valence electrons. The van der Waals surface area contributed by atoms with Crippen molar-refractivity contribution in [1.29, 1.82) is 0 Å². The number of aromatic hydroxyl groups is 1. The van der Waals surface area contributed by atoms with E-state index in [1.807, 2.05) is 13.1 Å². The van der Waals surface area contributed by atoms with Crippen LogP contribution in [0.2, 0.25) is 0 Å². The molecule has 12 heteroatoms. The summed E-state index contributed by atoms with van der Waals surface area (Å²) in [6, 6.07) is 14.6. The second-order valence-corrected chi connectivity index (χ2v) is 9.09. The van der Waals surface area contributed by atoms with E-state index >= 15 is 4.39 Å². The smallest absolute Gasteiger partial charge is 0.270 e. The Balaban J connectivity index is 1.27. The van der Waals surface area contributed by atoms with E-state index in [0.717, 1.165) is 51.4 Å². The summed E-state index contributed by atoms with van der Waals surface area (Å²) in [6.45, 7) is 0. The summed E-state index contributed by atoms with van der Waals surface area (Å²) < 4.78 is 37.0. The van der Waals surface area contributed by atoms with Crippen LogP contribution in [-0.4, -0.2) is 35.6 Å². The number of aromatic amines is 1. The monoisotopic (exact) mass is 554 g/mol. The minimum absolute atomic E-state index is 0.0680. The van der Waals surface area contributed by atoms with Crippen LogP contribution in [0.1, 0.15) is 10.4 Å². The molecule has 0 aliphatic rings. The molecule has 1 amide bonds. The van der Waals surface area contributed by atoms with Crippen molar-refractivity contribution in [2.24, 2.45) is 7.05 Å². The van der Waals surface area contributed by atoms with Crippen LogP contribution < -0.4 is 15.6 Å². The van der Waals surface area contributed by atoms with Gasteiger partial charge in [-0.05, 0) is 60.7 Å². The number of aryl methyl sites for hydroxylation is 1. The normalized spacial score (nSPS) is 11.1. The number of aromatic nitrogens is 5. The molecule has 0 saturated carbocycles. The van der Waals surface area contributed by atoms with E-state index in [4.69, 9.17) is 4.74 Å². The number of carbonyl (C=O) groups excluding carboxylic acids is 1. The fraction of sp³-hybridized carbons (Fsp3) is 0.0345. The molecule has 3 aromatic carbocycles. The lowest BCUT2D eigenvalue weighted by Gasteiger charge is -2.13. The zero-order chi connectivity index (χ0) is 28.7. The second-order valence-electron chi connectivity index (χ2n) is 9.09. The van der Waals surface area contributed by atoms with Gasteiger partial charge in [-0.1, -0.05) is 0 Å². The first-order valence-corrected chi connectivity index (χ1v) is 12.2. The van der Waals surface area contributed by atoms with Crippen molar-refractivity contribution in [1.82, 2.24) is 24.5 Å². The van der Waals surface area contributed by atoms with Crippen LogP contribution in [0.3, 0.4) is 0 Å². The SMILES string of the molecule is Cn1ncc2cc(Oc3ccc(NC(=O)c4ccc(O)n(-c5ccc(F)cc5)c4=O)cc3F)c(-c3cn[nH]c3)cc21. The average molecular weight is 555 g/mol. The van der Waals surface area contributed by atoms with Crippen LogP contribution in [-0.2, 0) is 7.05 Å². The van der Waals surface area contributed by atoms with E-state index in [1.54, 1.807) is 29.3 Å². The van der Waals surface area contributed by atoms with Crippen molar-refractivity contribution in [3.05, 3.63) is 113 Å². The van der Waals surface area contributed by atoms with Gasteiger partial charge in [-0.3, -0.25) is 19.4 Å². The number of H-pyrrole nitrogens is 1. The highest BCUT2D eigenvalue weighted by Gasteiger charge is 2.18. The minimum atomic E-state index is -0.841. The predicted molar refractivity (Wildman–Crippen MR) is 146 cm³/mol. The highest BCUT2D eigenvalue weighted by molar-refractivity contribution is 6.04. The van der Waals surface area contributed by atoms with E-state index in [-0.39, 0.29) is 22.7 Å². The molecule has 3 N–H and O–H groups in total. The third kappa shape index (κ3) is 4.78. The van der Waals surface area contributed by atoms with Crippen molar-refractivity contribution in [2.75, 3.05) is 5.32 Å². The number of carbonyl (C=O) groups is 1. The molecule has 0 aliphatic carbocycles. The minimum Gasteiger partial charge on any atom is -0.494 e. The first kappa shape index (κ1) is 25.5. The fourth-order valence-corrected chi connectivity index (χ4v) is 4.41. The number of nitrogens with one attached hydrogen (secondary N) is 2. The number of pyridine rings is 1. The second kappa shape index (κ2) is 10.1. The summed E-state index contributed by atoms with van der Waals surface area (Å²) in [6.07, 6.45) is 4.98. The van der Waals surface area contributed by atoms with Crippen molar-refractivity contribution in [2.45, 2.75) is 0 Å². The summed E-state index contributed by atoms with van der Waals surface area (Å²) in [5.74, 6) is -2.29. The van der Waals surface area contributed by atoms with E-state index in [0.29, 0.717) is 11.3 Å². The lowest BCUT2D eigenvalue weighted by molar-refractivity contribution is 0.102. The summed E-state index contributed by atoms with van der Waals surface area (Å²) in [7, 11) is 1.81. The first-order chi connectivity index (χ1) is 19.8. The number of anilines is 1. The Hall–Kier alpha value is -5.78. The van der Waals surface area contributed by atoms with Crippen LogP contribution >= 0.6 is 0 Å². The number of nitrogens with zero attached hydrogens (tertiary/aromatic N) is 4. The van der Waals surface area contributed by atoms with Gasteiger partial charge in [-0.15, -0.1) is 0 Å². The molecular weight excluding hydrogens is 534 g/mol. The molecule has 6 aromatic rings. The molecular formula is C29H20F2N6O4. The Morgan fingerprint density at radius 1 is 1.00 bits per heavy atom. The van der Waals surface area contributed by atoms with Gasteiger partial charge in [-0.2, -0.15) is 10.2 Å². The van der Waals surface area contributed by atoms with Gasteiger partial charge >= 0.3 is 0 Å². The molecule has 0 unspecified atom stereocenters. The number of hydrogen-bond donors (Lipinski definition) is 3. The lowest BCUT2D eigenvalue weighted by Crippen LogP contribution is -2.28. The van der Waals surface area contributed by atoms with Crippen LogP contribution in [0.5, 0.6) is 17.4 Å². The average Bonchev–Trinajstić information content (AvgIpc) is 3.61. The van der Waals surface area contributed by atoms with E-state index in [2.05, 4.69) is 20.6 Å². The summed E-state index contributed by atoms with van der Waals surface area (Å²) in [5.41, 5.74) is 1.31.